The predicted octanol–water partition coefficient (Wildman–Crippen LogP) is 0.868. The van der Waals surface area contributed by atoms with E-state index in [1.165, 1.54) is 0 Å². The molecule has 0 aliphatic rings. The zero-order valence-corrected chi connectivity index (χ0v) is 8.40. The lowest BCUT2D eigenvalue weighted by atomic mass is 10.3. The first kappa shape index (κ1) is 8.80. The van der Waals surface area contributed by atoms with Crippen molar-refractivity contribution in [3.05, 3.63) is 12.0 Å². The van der Waals surface area contributed by atoms with Crippen LogP contribution in [0.1, 0.15) is 5.82 Å². The van der Waals surface area contributed by atoms with Crippen LogP contribution >= 0.6 is 0 Å². The van der Waals surface area contributed by atoms with E-state index in [1.54, 1.807) is 7.11 Å². The standard InChI is InChI=1S/C9H12N4O/c1-5-11-7-6(8(10)12-5)4-13(2)9(7)14-3/h4H,1-3H3,(H2,10,11,12). The van der Waals surface area contributed by atoms with Gasteiger partial charge in [0.25, 0.3) is 0 Å². The summed E-state index contributed by atoms with van der Waals surface area (Å²) in [6, 6.07) is 0. The lowest BCUT2D eigenvalue weighted by molar-refractivity contribution is 0.386. The van der Waals surface area contributed by atoms with Crippen LogP contribution in [0, 0.1) is 6.92 Å². The Morgan fingerprint density at radius 2 is 2.14 bits per heavy atom. The third kappa shape index (κ3) is 1.09. The average molecular weight is 192 g/mol. The highest BCUT2D eigenvalue weighted by molar-refractivity contribution is 5.92. The molecule has 74 valence electrons. The van der Waals surface area contributed by atoms with Gasteiger partial charge in [-0.05, 0) is 6.92 Å². The van der Waals surface area contributed by atoms with Crippen molar-refractivity contribution in [3.63, 3.8) is 0 Å². The molecule has 0 spiro atoms. The molecular weight excluding hydrogens is 180 g/mol. The summed E-state index contributed by atoms with van der Waals surface area (Å²) in [7, 11) is 3.50. The monoisotopic (exact) mass is 192 g/mol. The minimum Gasteiger partial charge on any atom is -0.481 e. The van der Waals surface area contributed by atoms with Crippen LogP contribution in [0.4, 0.5) is 5.82 Å². The molecule has 5 nitrogen and oxygen atoms in total. The number of rotatable bonds is 1. The average Bonchev–Trinajstić information content (AvgIpc) is 2.41. The van der Waals surface area contributed by atoms with Crippen molar-refractivity contribution in [2.24, 2.45) is 7.05 Å². The van der Waals surface area contributed by atoms with Crippen molar-refractivity contribution in [3.8, 4) is 5.88 Å². The van der Waals surface area contributed by atoms with Crippen LogP contribution < -0.4 is 10.5 Å². The van der Waals surface area contributed by atoms with E-state index in [0.717, 1.165) is 10.9 Å². The van der Waals surface area contributed by atoms with Gasteiger partial charge in [0.15, 0.2) is 0 Å². The summed E-state index contributed by atoms with van der Waals surface area (Å²) >= 11 is 0. The second-order valence-electron chi connectivity index (χ2n) is 3.17. The molecular formula is C9H12N4O. The SMILES string of the molecule is COc1c2nc(C)nc(N)c2cn1C. The van der Waals surface area contributed by atoms with Gasteiger partial charge in [0.1, 0.15) is 17.2 Å². The molecule has 2 heterocycles. The van der Waals surface area contributed by atoms with Crippen molar-refractivity contribution in [2.75, 3.05) is 12.8 Å². The molecule has 0 radical (unpaired) electrons. The van der Waals surface area contributed by atoms with Crippen molar-refractivity contribution < 1.29 is 4.74 Å². The molecule has 0 amide bonds. The molecule has 0 aliphatic carbocycles. The molecule has 0 aromatic carbocycles. The van der Waals surface area contributed by atoms with Crippen molar-refractivity contribution in [2.45, 2.75) is 6.92 Å². The van der Waals surface area contributed by atoms with E-state index >= 15 is 0 Å². The van der Waals surface area contributed by atoms with Gasteiger partial charge in [-0.1, -0.05) is 0 Å². The lowest BCUT2D eigenvalue weighted by Crippen LogP contribution is -1.96. The highest BCUT2D eigenvalue weighted by atomic mass is 16.5. The topological polar surface area (TPSA) is 66.0 Å². The highest BCUT2D eigenvalue weighted by Crippen LogP contribution is 2.28. The number of fused-ring (bicyclic) bond motifs is 1. The molecule has 5 heteroatoms. The number of nitrogens with two attached hydrogens (primary N) is 1. The molecule has 14 heavy (non-hydrogen) atoms. The fourth-order valence-corrected chi connectivity index (χ4v) is 1.55. The van der Waals surface area contributed by atoms with Gasteiger partial charge in [0.05, 0.1) is 12.5 Å². The third-order valence-corrected chi connectivity index (χ3v) is 2.13. The summed E-state index contributed by atoms with van der Waals surface area (Å²) in [4.78, 5) is 8.38. The predicted molar refractivity (Wildman–Crippen MR) is 54.2 cm³/mol. The summed E-state index contributed by atoms with van der Waals surface area (Å²) in [5.74, 6) is 1.85. The van der Waals surface area contributed by atoms with E-state index in [0.29, 0.717) is 17.5 Å². The summed E-state index contributed by atoms with van der Waals surface area (Å²) in [5.41, 5.74) is 6.54. The number of hydrogen-bond donors (Lipinski definition) is 1. The quantitative estimate of drug-likeness (QED) is 0.728. The molecule has 2 rings (SSSR count). The van der Waals surface area contributed by atoms with Crippen LogP contribution in [0.25, 0.3) is 10.9 Å². The molecule has 0 bridgehead atoms. The Bertz CT molecular complexity index is 489. The Hall–Kier alpha value is -1.78. The molecule has 2 aromatic rings. The van der Waals surface area contributed by atoms with E-state index in [9.17, 15) is 0 Å². The van der Waals surface area contributed by atoms with Crippen LogP contribution in [0.2, 0.25) is 0 Å². The van der Waals surface area contributed by atoms with E-state index in [2.05, 4.69) is 9.97 Å². The highest BCUT2D eigenvalue weighted by Gasteiger charge is 2.12. The van der Waals surface area contributed by atoms with Crippen LogP contribution in [0.5, 0.6) is 5.88 Å². The molecule has 0 unspecified atom stereocenters. The van der Waals surface area contributed by atoms with Gasteiger partial charge < -0.3 is 15.0 Å². The molecule has 2 N–H and O–H groups in total. The number of hydrogen-bond acceptors (Lipinski definition) is 4. The summed E-state index contributed by atoms with van der Waals surface area (Å²) in [5, 5.41) is 0.829. The zero-order valence-electron chi connectivity index (χ0n) is 8.40. The van der Waals surface area contributed by atoms with Gasteiger partial charge in [-0.3, -0.25) is 0 Å². The molecule has 0 aliphatic heterocycles. The van der Waals surface area contributed by atoms with Gasteiger partial charge in [0.2, 0.25) is 5.88 Å². The van der Waals surface area contributed by atoms with E-state index in [-0.39, 0.29) is 0 Å². The van der Waals surface area contributed by atoms with E-state index in [1.807, 2.05) is 24.7 Å². The third-order valence-electron chi connectivity index (χ3n) is 2.13. The molecule has 0 fully saturated rings. The minimum atomic E-state index is 0.492. The van der Waals surface area contributed by atoms with Crippen LogP contribution in [-0.2, 0) is 7.05 Å². The number of ether oxygens (including phenoxy) is 1. The first-order valence-corrected chi connectivity index (χ1v) is 4.26. The second-order valence-corrected chi connectivity index (χ2v) is 3.17. The van der Waals surface area contributed by atoms with Gasteiger partial charge >= 0.3 is 0 Å². The van der Waals surface area contributed by atoms with Gasteiger partial charge in [-0.2, -0.15) is 0 Å². The zero-order chi connectivity index (χ0) is 10.3. The number of aryl methyl sites for hydroxylation is 2. The molecule has 0 saturated heterocycles. The number of nitrogens with zero attached hydrogens (tertiary/aromatic N) is 3. The van der Waals surface area contributed by atoms with Crippen LogP contribution in [-0.4, -0.2) is 21.6 Å². The maximum absolute atomic E-state index is 5.77. The van der Waals surface area contributed by atoms with Crippen LogP contribution in [0.15, 0.2) is 6.20 Å². The van der Waals surface area contributed by atoms with Crippen molar-refractivity contribution >= 4 is 16.7 Å². The smallest absolute Gasteiger partial charge is 0.220 e. The van der Waals surface area contributed by atoms with Crippen molar-refractivity contribution in [1.29, 1.82) is 0 Å². The molecule has 2 aromatic heterocycles. The Kier molecular flexibility index (Phi) is 1.80. The van der Waals surface area contributed by atoms with Crippen LogP contribution in [0.3, 0.4) is 0 Å². The summed E-state index contributed by atoms with van der Waals surface area (Å²) in [6.45, 7) is 1.81. The van der Waals surface area contributed by atoms with Gasteiger partial charge in [0, 0.05) is 13.2 Å². The van der Waals surface area contributed by atoms with Gasteiger partial charge in [-0.15, -0.1) is 0 Å². The Balaban J connectivity index is 2.87. The fraction of sp³-hybridized carbons (Fsp3) is 0.333. The Morgan fingerprint density at radius 1 is 1.43 bits per heavy atom. The lowest BCUT2D eigenvalue weighted by Gasteiger charge is -2.01. The molecule has 0 atom stereocenters. The minimum absolute atomic E-state index is 0.492. The number of aromatic nitrogens is 3. The van der Waals surface area contributed by atoms with E-state index < -0.39 is 0 Å². The Morgan fingerprint density at radius 3 is 2.79 bits per heavy atom. The maximum atomic E-state index is 5.77. The number of methoxy groups -OCH3 is 1. The fourth-order valence-electron chi connectivity index (χ4n) is 1.55. The number of anilines is 1. The maximum Gasteiger partial charge on any atom is 0.220 e. The number of nitrogen functional groups attached to an aromatic ring is 1. The second kappa shape index (κ2) is 2.87. The Labute approximate surface area is 81.5 Å². The van der Waals surface area contributed by atoms with E-state index in [4.69, 9.17) is 10.5 Å². The first-order valence-electron chi connectivity index (χ1n) is 4.26. The molecule has 0 saturated carbocycles. The largest absolute Gasteiger partial charge is 0.481 e. The normalized spacial score (nSPS) is 10.8. The summed E-state index contributed by atoms with van der Waals surface area (Å²) < 4.78 is 7.07. The summed E-state index contributed by atoms with van der Waals surface area (Å²) in [6.07, 6.45) is 1.86. The van der Waals surface area contributed by atoms with Gasteiger partial charge in [-0.25, -0.2) is 9.97 Å². The van der Waals surface area contributed by atoms with Crippen molar-refractivity contribution in [1.82, 2.24) is 14.5 Å². The first-order chi connectivity index (χ1) is 6.63.